The lowest BCUT2D eigenvalue weighted by Crippen LogP contribution is -2.29. The molecule has 0 aliphatic carbocycles. The number of aryl methyl sites for hydroxylation is 1. The van der Waals surface area contributed by atoms with Crippen LogP contribution in [0.1, 0.15) is 23.9 Å². The van der Waals surface area contributed by atoms with Gasteiger partial charge in [-0.1, -0.05) is 24.3 Å². The molecule has 0 spiro atoms. The van der Waals surface area contributed by atoms with Crippen LogP contribution in [0.5, 0.6) is 0 Å². The van der Waals surface area contributed by atoms with E-state index in [0.29, 0.717) is 5.92 Å². The van der Waals surface area contributed by atoms with Crippen LogP contribution in [0.3, 0.4) is 0 Å². The zero-order chi connectivity index (χ0) is 17.8. The fourth-order valence-corrected chi connectivity index (χ4v) is 3.54. The van der Waals surface area contributed by atoms with E-state index in [2.05, 4.69) is 32.2 Å². The number of aromatic nitrogens is 2. The van der Waals surface area contributed by atoms with Crippen LogP contribution in [0.15, 0.2) is 48.5 Å². The van der Waals surface area contributed by atoms with Crippen LogP contribution in [-0.2, 0) is 6.42 Å². The van der Waals surface area contributed by atoms with Crippen LogP contribution in [0, 0.1) is 11.7 Å². The Morgan fingerprint density at radius 3 is 2.81 bits per heavy atom. The van der Waals surface area contributed by atoms with E-state index in [1.54, 1.807) is 0 Å². The number of aromatic amines is 1. The van der Waals surface area contributed by atoms with Crippen LogP contribution in [0.4, 0.5) is 4.39 Å². The lowest BCUT2D eigenvalue weighted by molar-refractivity contribution is 0.439. The van der Waals surface area contributed by atoms with Crippen molar-refractivity contribution >= 4 is 11.0 Å². The van der Waals surface area contributed by atoms with E-state index in [1.165, 1.54) is 12.1 Å². The first kappa shape index (κ1) is 17.1. The first-order chi connectivity index (χ1) is 12.8. The summed E-state index contributed by atoms with van der Waals surface area (Å²) in [6, 6.07) is 15.1. The zero-order valence-electron chi connectivity index (χ0n) is 14.6. The summed E-state index contributed by atoms with van der Waals surface area (Å²) in [5.41, 5.74) is 9.76. The van der Waals surface area contributed by atoms with Crippen LogP contribution in [-0.4, -0.2) is 29.6 Å². The van der Waals surface area contributed by atoms with E-state index in [4.69, 9.17) is 0 Å². The third kappa shape index (κ3) is 3.93. The summed E-state index contributed by atoms with van der Waals surface area (Å²) >= 11 is 0. The van der Waals surface area contributed by atoms with Crippen LogP contribution >= 0.6 is 0 Å². The Hall–Kier alpha value is -2.28. The highest BCUT2D eigenvalue weighted by Gasteiger charge is 2.27. The molecule has 1 aliphatic rings. The van der Waals surface area contributed by atoms with Crippen molar-refractivity contribution in [1.29, 1.82) is 0 Å². The molecule has 2 unspecified atom stereocenters. The first-order valence-electron chi connectivity index (χ1n) is 9.18. The number of halogens is 1. The quantitative estimate of drug-likeness (QED) is 0.493. The standard InChI is InChI=1S/C20H24FN5/c21-16-9-7-14(8-10-16)20-15(13-23-26-20)12-22-11-3-6-19-24-17-4-1-2-5-18(17)25-19/h1-2,4-5,7-10,15,20,22-23,26H,3,6,11-13H2,(H,24,25). The molecule has 136 valence electrons. The lowest BCUT2D eigenvalue weighted by Gasteiger charge is -2.19. The topological polar surface area (TPSA) is 64.8 Å². The van der Waals surface area contributed by atoms with Gasteiger partial charge in [-0.3, -0.25) is 5.43 Å². The third-order valence-corrected chi connectivity index (χ3v) is 4.93. The number of nitrogens with zero attached hydrogens (tertiary/aromatic N) is 1. The Kier molecular flexibility index (Phi) is 5.24. The summed E-state index contributed by atoms with van der Waals surface area (Å²) in [5, 5.41) is 3.55. The molecule has 5 nitrogen and oxygen atoms in total. The van der Waals surface area contributed by atoms with Gasteiger partial charge in [-0.05, 0) is 42.8 Å². The highest BCUT2D eigenvalue weighted by Crippen LogP contribution is 2.24. The molecular weight excluding hydrogens is 329 g/mol. The number of nitrogens with one attached hydrogen (secondary N) is 4. The van der Waals surface area contributed by atoms with Crippen LogP contribution in [0.25, 0.3) is 11.0 Å². The highest BCUT2D eigenvalue weighted by molar-refractivity contribution is 5.74. The second-order valence-electron chi connectivity index (χ2n) is 6.82. The Labute approximate surface area is 152 Å². The number of hydrazine groups is 1. The molecule has 1 fully saturated rings. The molecular formula is C20H24FN5. The first-order valence-corrected chi connectivity index (χ1v) is 9.18. The van der Waals surface area contributed by atoms with Crippen molar-refractivity contribution in [3.05, 3.63) is 65.7 Å². The van der Waals surface area contributed by atoms with Gasteiger partial charge in [0.2, 0.25) is 0 Å². The van der Waals surface area contributed by atoms with Crippen molar-refractivity contribution in [2.24, 2.45) is 5.92 Å². The fraction of sp³-hybridized carbons (Fsp3) is 0.350. The Morgan fingerprint density at radius 1 is 1.12 bits per heavy atom. The molecule has 26 heavy (non-hydrogen) atoms. The molecule has 0 amide bonds. The molecule has 4 N–H and O–H groups in total. The van der Waals surface area contributed by atoms with Gasteiger partial charge in [0, 0.05) is 25.4 Å². The summed E-state index contributed by atoms with van der Waals surface area (Å²) in [4.78, 5) is 7.98. The van der Waals surface area contributed by atoms with Gasteiger partial charge in [0.1, 0.15) is 11.6 Å². The summed E-state index contributed by atoms with van der Waals surface area (Å²) in [6.45, 7) is 2.77. The normalized spacial score (nSPS) is 20.0. The minimum Gasteiger partial charge on any atom is -0.342 e. The van der Waals surface area contributed by atoms with E-state index in [-0.39, 0.29) is 11.9 Å². The number of rotatable bonds is 7. The Balaban J connectivity index is 1.23. The maximum absolute atomic E-state index is 13.1. The number of H-pyrrole nitrogens is 1. The number of para-hydroxylation sites is 2. The van der Waals surface area contributed by atoms with E-state index >= 15 is 0 Å². The van der Waals surface area contributed by atoms with Crippen LogP contribution < -0.4 is 16.2 Å². The lowest BCUT2D eigenvalue weighted by atomic mass is 9.95. The second kappa shape index (κ2) is 7.95. The second-order valence-corrected chi connectivity index (χ2v) is 6.82. The number of hydrogen-bond acceptors (Lipinski definition) is 4. The predicted molar refractivity (Wildman–Crippen MR) is 101 cm³/mol. The number of benzene rings is 2. The minimum atomic E-state index is -0.194. The Morgan fingerprint density at radius 2 is 1.96 bits per heavy atom. The van der Waals surface area contributed by atoms with Gasteiger partial charge in [0.25, 0.3) is 0 Å². The molecule has 4 rings (SSSR count). The largest absolute Gasteiger partial charge is 0.342 e. The van der Waals surface area contributed by atoms with Crippen LogP contribution in [0.2, 0.25) is 0 Å². The van der Waals surface area contributed by atoms with Crippen molar-refractivity contribution in [3.8, 4) is 0 Å². The molecule has 3 aromatic rings. The number of imidazole rings is 1. The van der Waals surface area contributed by atoms with Crippen molar-refractivity contribution in [2.45, 2.75) is 18.9 Å². The molecule has 0 bridgehead atoms. The summed E-state index contributed by atoms with van der Waals surface area (Å²) < 4.78 is 13.1. The molecule has 1 aliphatic heterocycles. The van der Waals surface area contributed by atoms with Gasteiger partial charge in [-0.2, -0.15) is 0 Å². The predicted octanol–water partition coefficient (Wildman–Crippen LogP) is 2.69. The Bertz CT molecular complexity index is 812. The van der Waals surface area contributed by atoms with Gasteiger partial charge < -0.3 is 10.3 Å². The SMILES string of the molecule is Fc1ccc(C2NNCC2CNCCCc2nc3ccccc3[nH]2)cc1. The monoisotopic (exact) mass is 353 g/mol. The van der Waals surface area contributed by atoms with Gasteiger partial charge >= 0.3 is 0 Å². The average molecular weight is 353 g/mol. The minimum absolute atomic E-state index is 0.194. The summed E-state index contributed by atoms with van der Waals surface area (Å²) in [5.74, 6) is 1.29. The molecule has 0 saturated carbocycles. The van der Waals surface area contributed by atoms with E-state index in [9.17, 15) is 4.39 Å². The number of fused-ring (bicyclic) bond motifs is 1. The van der Waals surface area contributed by atoms with Crippen molar-refractivity contribution in [3.63, 3.8) is 0 Å². The molecule has 1 aromatic heterocycles. The molecule has 6 heteroatoms. The highest BCUT2D eigenvalue weighted by atomic mass is 19.1. The van der Waals surface area contributed by atoms with Crippen molar-refractivity contribution in [2.75, 3.05) is 19.6 Å². The number of hydrogen-bond donors (Lipinski definition) is 4. The third-order valence-electron chi connectivity index (χ3n) is 4.93. The smallest absolute Gasteiger partial charge is 0.123 e. The average Bonchev–Trinajstić information content (AvgIpc) is 3.28. The van der Waals surface area contributed by atoms with Gasteiger partial charge in [-0.15, -0.1) is 0 Å². The van der Waals surface area contributed by atoms with Crippen molar-refractivity contribution < 1.29 is 4.39 Å². The van der Waals surface area contributed by atoms with E-state index in [0.717, 1.165) is 54.9 Å². The van der Waals surface area contributed by atoms with Gasteiger partial charge in [0.15, 0.2) is 0 Å². The summed E-state index contributed by atoms with van der Waals surface area (Å²) in [6.07, 6.45) is 1.97. The molecule has 2 atom stereocenters. The summed E-state index contributed by atoms with van der Waals surface area (Å²) in [7, 11) is 0. The zero-order valence-corrected chi connectivity index (χ0v) is 14.6. The van der Waals surface area contributed by atoms with Gasteiger partial charge in [-0.25, -0.2) is 14.8 Å². The van der Waals surface area contributed by atoms with E-state index < -0.39 is 0 Å². The maximum atomic E-state index is 13.1. The molecule has 2 aromatic carbocycles. The van der Waals surface area contributed by atoms with Crippen molar-refractivity contribution in [1.82, 2.24) is 26.1 Å². The van der Waals surface area contributed by atoms with Gasteiger partial charge in [0.05, 0.1) is 17.1 Å². The maximum Gasteiger partial charge on any atom is 0.123 e. The van der Waals surface area contributed by atoms with E-state index in [1.807, 2.05) is 30.3 Å². The molecule has 0 radical (unpaired) electrons. The molecule has 2 heterocycles. The molecule has 1 saturated heterocycles. The fourth-order valence-electron chi connectivity index (χ4n) is 3.54.